The molecule has 1 heterocycles. The molecule has 5 heteroatoms. The van der Waals surface area contributed by atoms with Crippen LogP contribution in [0.5, 0.6) is 0 Å². The highest BCUT2D eigenvalue weighted by Gasteiger charge is 2.18. The van der Waals surface area contributed by atoms with Crippen molar-refractivity contribution in [1.29, 1.82) is 0 Å². The molecule has 1 saturated heterocycles. The predicted octanol–water partition coefficient (Wildman–Crippen LogP) is 2.22. The van der Waals surface area contributed by atoms with Gasteiger partial charge in [0.1, 0.15) is 0 Å². The van der Waals surface area contributed by atoms with E-state index in [1.54, 1.807) is 11.8 Å². The van der Waals surface area contributed by atoms with Crippen LogP contribution < -0.4 is 5.32 Å². The summed E-state index contributed by atoms with van der Waals surface area (Å²) in [6.45, 7) is 4.31. The van der Waals surface area contributed by atoms with Crippen LogP contribution in [0.15, 0.2) is 29.2 Å². The first kappa shape index (κ1) is 15.9. The van der Waals surface area contributed by atoms with Gasteiger partial charge in [-0.05, 0) is 31.4 Å². The molecule has 0 aliphatic carbocycles. The minimum atomic E-state index is 0.0519. The van der Waals surface area contributed by atoms with Crippen molar-refractivity contribution < 1.29 is 9.59 Å². The fraction of sp³-hybridized carbons (Fsp3) is 0.500. The Balaban J connectivity index is 1.59. The van der Waals surface area contributed by atoms with Gasteiger partial charge in [-0.2, -0.15) is 0 Å². The van der Waals surface area contributed by atoms with E-state index in [1.165, 1.54) is 5.56 Å². The molecule has 1 aliphatic heterocycles. The fourth-order valence-electron chi connectivity index (χ4n) is 2.35. The average Bonchev–Trinajstić information content (AvgIpc) is 2.88. The van der Waals surface area contributed by atoms with Gasteiger partial charge in [-0.25, -0.2) is 0 Å². The molecular weight excluding hydrogens is 284 g/mol. The highest BCUT2D eigenvalue weighted by Crippen LogP contribution is 2.21. The van der Waals surface area contributed by atoms with Crippen LogP contribution in [0.3, 0.4) is 0 Å². The van der Waals surface area contributed by atoms with Crippen LogP contribution in [0.1, 0.15) is 24.8 Å². The molecule has 0 spiro atoms. The third-order valence-corrected chi connectivity index (χ3v) is 4.73. The molecule has 0 atom stereocenters. The van der Waals surface area contributed by atoms with E-state index in [0.29, 0.717) is 18.7 Å². The second-order valence-electron chi connectivity index (χ2n) is 5.24. The second-order valence-corrected chi connectivity index (χ2v) is 6.26. The highest BCUT2D eigenvalue weighted by molar-refractivity contribution is 8.00. The molecule has 0 bridgehead atoms. The summed E-state index contributed by atoms with van der Waals surface area (Å²) in [6, 6.07) is 8.07. The number of carbonyl (C=O) groups is 2. The van der Waals surface area contributed by atoms with Gasteiger partial charge in [-0.15, -0.1) is 11.8 Å². The first-order valence-corrected chi connectivity index (χ1v) is 8.38. The van der Waals surface area contributed by atoms with E-state index in [1.807, 2.05) is 36.1 Å². The van der Waals surface area contributed by atoms with Gasteiger partial charge in [0.15, 0.2) is 0 Å². The maximum absolute atomic E-state index is 11.8. The van der Waals surface area contributed by atoms with Crippen LogP contribution in [0.4, 0.5) is 0 Å². The molecule has 2 amide bonds. The molecule has 0 aromatic heterocycles. The smallest absolute Gasteiger partial charge is 0.230 e. The van der Waals surface area contributed by atoms with E-state index in [-0.39, 0.29) is 11.8 Å². The van der Waals surface area contributed by atoms with Crippen LogP contribution in [0.2, 0.25) is 0 Å². The number of likely N-dealkylation sites (tertiary alicyclic amines) is 1. The normalized spacial score (nSPS) is 14.5. The molecule has 4 nitrogen and oxygen atoms in total. The van der Waals surface area contributed by atoms with Crippen molar-refractivity contribution in [3.8, 4) is 0 Å². The van der Waals surface area contributed by atoms with Crippen LogP contribution in [0.25, 0.3) is 0 Å². The topological polar surface area (TPSA) is 49.4 Å². The quantitative estimate of drug-likeness (QED) is 0.621. The molecule has 0 unspecified atom stereocenters. The van der Waals surface area contributed by atoms with Crippen molar-refractivity contribution in [2.24, 2.45) is 0 Å². The maximum Gasteiger partial charge on any atom is 0.230 e. The Kier molecular flexibility index (Phi) is 6.11. The van der Waals surface area contributed by atoms with Crippen LogP contribution in [0, 0.1) is 6.92 Å². The largest absolute Gasteiger partial charge is 0.355 e. The minimum absolute atomic E-state index is 0.0519. The van der Waals surface area contributed by atoms with Gasteiger partial charge in [0, 0.05) is 31.0 Å². The number of amides is 2. The summed E-state index contributed by atoms with van der Waals surface area (Å²) in [7, 11) is 0. The summed E-state index contributed by atoms with van der Waals surface area (Å²) in [4.78, 5) is 26.2. The van der Waals surface area contributed by atoms with Crippen molar-refractivity contribution in [2.45, 2.75) is 31.1 Å². The van der Waals surface area contributed by atoms with E-state index in [0.717, 1.165) is 30.8 Å². The summed E-state index contributed by atoms with van der Waals surface area (Å²) < 4.78 is 0. The molecule has 1 aromatic rings. The Morgan fingerprint density at radius 2 is 2.19 bits per heavy atom. The van der Waals surface area contributed by atoms with E-state index in [4.69, 9.17) is 0 Å². The lowest BCUT2D eigenvalue weighted by atomic mass is 10.2. The summed E-state index contributed by atoms with van der Waals surface area (Å²) in [5, 5.41) is 2.91. The SMILES string of the molecule is Cc1ccccc1SCC(=O)NCCCN1CCCC1=O. The van der Waals surface area contributed by atoms with Crippen molar-refractivity contribution in [3.63, 3.8) is 0 Å². The average molecular weight is 306 g/mol. The zero-order valence-electron chi connectivity index (χ0n) is 12.4. The summed E-state index contributed by atoms with van der Waals surface area (Å²) in [5.41, 5.74) is 1.20. The Morgan fingerprint density at radius 1 is 1.38 bits per heavy atom. The number of aryl methyl sites for hydroxylation is 1. The predicted molar refractivity (Wildman–Crippen MR) is 85.3 cm³/mol. The second kappa shape index (κ2) is 8.08. The number of nitrogens with one attached hydrogen (secondary N) is 1. The molecular formula is C16H22N2O2S. The molecule has 2 rings (SSSR count). The lowest BCUT2D eigenvalue weighted by molar-refractivity contribution is -0.127. The standard InChI is InChI=1S/C16H22N2O2S/c1-13-6-2-3-7-14(13)21-12-15(19)17-9-5-11-18-10-4-8-16(18)20/h2-3,6-7H,4-5,8-12H2,1H3,(H,17,19). The number of thioether (sulfide) groups is 1. The molecule has 0 radical (unpaired) electrons. The molecule has 0 saturated carbocycles. The maximum atomic E-state index is 11.8. The lowest BCUT2D eigenvalue weighted by Crippen LogP contribution is -2.31. The monoisotopic (exact) mass is 306 g/mol. The molecule has 21 heavy (non-hydrogen) atoms. The zero-order chi connectivity index (χ0) is 15.1. The van der Waals surface area contributed by atoms with Gasteiger partial charge >= 0.3 is 0 Å². The van der Waals surface area contributed by atoms with Crippen molar-refractivity contribution in [3.05, 3.63) is 29.8 Å². The summed E-state index contributed by atoms with van der Waals surface area (Å²) in [5.74, 6) is 0.737. The van der Waals surface area contributed by atoms with E-state index >= 15 is 0 Å². The first-order chi connectivity index (χ1) is 10.2. The lowest BCUT2D eigenvalue weighted by Gasteiger charge is -2.15. The van der Waals surface area contributed by atoms with Gasteiger partial charge in [0.25, 0.3) is 0 Å². The molecule has 1 aliphatic rings. The van der Waals surface area contributed by atoms with Crippen LogP contribution >= 0.6 is 11.8 Å². The fourth-order valence-corrected chi connectivity index (χ4v) is 3.21. The van der Waals surface area contributed by atoms with Crippen molar-refractivity contribution in [1.82, 2.24) is 10.2 Å². The van der Waals surface area contributed by atoms with E-state index in [2.05, 4.69) is 5.32 Å². The number of hydrogen-bond donors (Lipinski definition) is 1. The minimum Gasteiger partial charge on any atom is -0.355 e. The van der Waals surface area contributed by atoms with Gasteiger partial charge < -0.3 is 10.2 Å². The Morgan fingerprint density at radius 3 is 2.90 bits per heavy atom. The van der Waals surface area contributed by atoms with E-state index < -0.39 is 0 Å². The van der Waals surface area contributed by atoms with Crippen LogP contribution in [-0.2, 0) is 9.59 Å². The number of rotatable bonds is 7. The molecule has 1 N–H and O–H groups in total. The summed E-state index contributed by atoms with van der Waals surface area (Å²) >= 11 is 1.56. The molecule has 1 aromatic carbocycles. The van der Waals surface area contributed by atoms with E-state index in [9.17, 15) is 9.59 Å². The molecule has 114 valence electrons. The van der Waals surface area contributed by atoms with Gasteiger partial charge in [-0.3, -0.25) is 9.59 Å². The highest BCUT2D eigenvalue weighted by atomic mass is 32.2. The van der Waals surface area contributed by atoms with Gasteiger partial charge in [0.05, 0.1) is 5.75 Å². The third-order valence-electron chi connectivity index (χ3n) is 3.55. The first-order valence-electron chi connectivity index (χ1n) is 7.40. The third kappa shape index (κ3) is 5.08. The van der Waals surface area contributed by atoms with Crippen molar-refractivity contribution >= 4 is 23.6 Å². The number of benzene rings is 1. The van der Waals surface area contributed by atoms with Gasteiger partial charge in [-0.1, -0.05) is 18.2 Å². The van der Waals surface area contributed by atoms with Crippen molar-refractivity contribution in [2.75, 3.05) is 25.4 Å². The number of carbonyl (C=O) groups excluding carboxylic acids is 2. The zero-order valence-corrected chi connectivity index (χ0v) is 13.2. The number of nitrogens with zero attached hydrogens (tertiary/aromatic N) is 1. The Hall–Kier alpha value is -1.49. The molecule has 1 fully saturated rings. The van der Waals surface area contributed by atoms with Gasteiger partial charge in [0.2, 0.25) is 11.8 Å². The Labute approximate surface area is 130 Å². The number of hydrogen-bond acceptors (Lipinski definition) is 3. The Bertz CT molecular complexity index is 505. The van der Waals surface area contributed by atoms with Crippen LogP contribution in [-0.4, -0.2) is 42.1 Å². The summed E-state index contributed by atoms with van der Waals surface area (Å²) in [6.07, 6.45) is 2.48.